The first kappa shape index (κ1) is 33.6. The SMILES string of the molecule is COc1cc(C2C3=C(CC(C)(C)CC3=O)N(CCc3ccccc3)C3=C2C(=O)CC(C)(C)C3)cc(Cl)c1OCc1ccc(Cl)c(Cl)c1. The van der Waals surface area contributed by atoms with Crippen molar-refractivity contribution in [2.45, 2.75) is 72.3 Å². The molecule has 246 valence electrons. The van der Waals surface area contributed by atoms with Crippen molar-refractivity contribution in [3.63, 3.8) is 0 Å². The van der Waals surface area contributed by atoms with Crippen molar-refractivity contribution in [1.29, 1.82) is 0 Å². The van der Waals surface area contributed by atoms with Crippen LogP contribution in [0.4, 0.5) is 0 Å². The molecule has 3 aromatic rings. The molecule has 1 aliphatic heterocycles. The topological polar surface area (TPSA) is 55.8 Å². The predicted octanol–water partition coefficient (Wildman–Crippen LogP) is 10.2. The largest absolute Gasteiger partial charge is 0.493 e. The lowest BCUT2D eigenvalue weighted by molar-refractivity contribution is -0.119. The summed E-state index contributed by atoms with van der Waals surface area (Å²) in [5.41, 5.74) is 5.80. The Bertz CT molecular complexity index is 1750. The van der Waals surface area contributed by atoms with E-state index in [0.717, 1.165) is 41.8 Å². The van der Waals surface area contributed by atoms with Gasteiger partial charge in [-0.3, -0.25) is 9.59 Å². The fourth-order valence-corrected chi connectivity index (χ4v) is 7.96. The number of halogens is 3. The van der Waals surface area contributed by atoms with Crippen LogP contribution >= 0.6 is 34.8 Å². The average Bonchev–Trinajstić information content (AvgIpc) is 2.99. The van der Waals surface area contributed by atoms with Gasteiger partial charge >= 0.3 is 0 Å². The van der Waals surface area contributed by atoms with Crippen LogP contribution in [0.15, 0.2) is 83.2 Å². The van der Waals surface area contributed by atoms with E-state index in [1.165, 1.54) is 5.56 Å². The Morgan fingerprint density at radius 2 is 1.36 bits per heavy atom. The zero-order valence-corrected chi connectivity index (χ0v) is 29.8. The Morgan fingerprint density at radius 1 is 0.745 bits per heavy atom. The molecule has 0 bridgehead atoms. The van der Waals surface area contributed by atoms with Crippen molar-refractivity contribution in [3.05, 3.63) is 115 Å². The Labute approximate surface area is 292 Å². The highest BCUT2D eigenvalue weighted by atomic mass is 35.5. The van der Waals surface area contributed by atoms with Gasteiger partial charge in [0.15, 0.2) is 23.1 Å². The van der Waals surface area contributed by atoms with Gasteiger partial charge in [-0.05, 0) is 71.0 Å². The van der Waals surface area contributed by atoms with Gasteiger partial charge in [0.2, 0.25) is 0 Å². The number of carbonyl (C=O) groups excluding carboxylic acids is 2. The third-order valence-corrected chi connectivity index (χ3v) is 10.5. The van der Waals surface area contributed by atoms with Crippen LogP contribution in [0.25, 0.3) is 0 Å². The van der Waals surface area contributed by atoms with Crippen LogP contribution in [-0.4, -0.2) is 30.1 Å². The Morgan fingerprint density at radius 3 is 1.94 bits per heavy atom. The predicted molar refractivity (Wildman–Crippen MR) is 188 cm³/mol. The first-order valence-electron chi connectivity index (χ1n) is 16.0. The molecule has 0 radical (unpaired) electrons. The van der Waals surface area contributed by atoms with E-state index < -0.39 is 5.92 Å². The van der Waals surface area contributed by atoms with Gasteiger partial charge < -0.3 is 14.4 Å². The van der Waals surface area contributed by atoms with Gasteiger partial charge in [0.25, 0.3) is 0 Å². The maximum Gasteiger partial charge on any atom is 0.180 e. The lowest BCUT2D eigenvalue weighted by Gasteiger charge is -2.49. The number of rotatable bonds is 8. The monoisotopic (exact) mass is 691 g/mol. The van der Waals surface area contributed by atoms with Crippen LogP contribution in [0.3, 0.4) is 0 Å². The quantitative estimate of drug-likeness (QED) is 0.235. The van der Waals surface area contributed by atoms with Gasteiger partial charge in [-0.2, -0.15) is 0 Å². The number of ketones is 2. The van der Waals surface area contributed by atoms with E-state index in [1.54, 1.807) is 19.2 Å². The zero-order chi connectivity index (χ0) is 33.7. The molecule has 0 atom stereocenters. The van der Waals surface area contributed by atoms with Gasteiger partial charge in [-0.1, -0.05) is 98.9 Å². The van der Waals surface area contributed by atoms with Crippen molar-refractivity contribution in [2.24, 2.45) is 10.8 Å². The minimum absolute atomic E-state index is 0.0742. The van der Waals surface area contributed by atoms with Crippen molar-refractivity contribution in [2.75, 3.05) is 13.7 Å². The molecule has 0 saturated carbocycles. The fraction of sp³-hybridized carbons (Fsp3) is 0.385. The third-order valence-electron chi connectivity index (χ3n) is 9.44. The molecule has 6 rings (SSSR count). The van der Waals surface area contributed by atoms with Crippen molar-refractivity contribution in [3.8, 4) is 11.5 Å². The number of benzene rings is 3. The van der Waals surface area contributed by atoms with Crippen molar-refractivity contribution >= 4 is 46.4 Å². The molecule has 5 nitrogen and oxygen atoms in total. The number of Topliss-reactive ketones (excluding diaryl/α,β-unsaturated/α-hetero) is 2. The number of methoxy groups -OCH3 is 1. The Balaban J connectivity index is 1.46. The molecule has 47 heavy (non-hydrogen) atoms. The van der Waals surface area contributed by atoms with Gasteiger partial charge in [0.1, 0.15) is 6.61 Å². The molecule has 0 spiro atoms. The second-order valence-electron chi connectivity index (χ2n) is 14.5. The van der Waals surface area contributed by atoms with E-state index in [4.69, 9.17) is 44.3 Å². The van der Waals surface area contributed by atoms with Gasteiger partial charge in [0.05, 0.1) is 22.2 Å². The molecule has 3 aromatic carbocycles. The summed E-state index contributed by atoms with van der Waals surface area (Å²) in [5, 5.41) is 1.23. The van der Waals surface area contributed by atoms with Crippen molar-refractivity contribution < 1.29 is 19.1 Å². The van der Waals surface area contributed by atoms with Gasteiger partial charge in [-0.15, -0.1) is 0 Å². The van der Waals surface area contributed by atoms with E-state index in [2.05, 4.69) is 44.7 Å². The molecule has 1 heterocycles. The Kier molecular flexibility index (Phi) is 9.30. The van der Waals surface area contributed by atoms with E-state index in [-0.39, 0.29) is 29.0 Å². The van der Waals surface area contributed by atoms with Crippen LogP contribution in [0.5, 0.6) is 11.5 Å². The molecule has 0 aromatic heterocycles. The first-order chi connectivity index (χ1) is 22.3. The summed E-state index contributed by atoms with van der Waals surface area (Å²) in [6, 6.07) is 19.4. The summed E-state index contributed by atoms with van der Waals surface area (Å²) in [4.78, 5) is 30.8. The smallest absolute Gasteiger partial charge is 0.180 e. The van der Waals surface area contributed by atoms with Crippen LogP contribution in [0.1, 0.15) is 76.0 Å². The standard InChI is InChI=1S/C39H40Cl3NO4/c1-38(2)18-29-35(31(44)20-38)34(25-16-28(42)37(33(17-25)46-5)47-22-24-11-12-26(40)27(41)15-24)36-30(19-39(3,4)21-32(36)45)43(29)14-13-23-9-7-6-8-10-23/h6-12,15-17,34H,13-14,18-22H2,1-5H3. The molecule has 0 saturated heterocycles. The van der Waals surface area contributed by atoms with Crippen LogP contribution in [-0.2, 0) is 22.6 Å². The second-order valence-corrected chi connectivity index (χ2v) is 15.7. The summed E-state index contributed by atoms with van der Waals surface area (Å²) in [7, 11) is 1.56. The van der Waals surface area contributed by atoms with Crippen molar-refractivity contribution in [1.82, 2.24) is 4.90 Å². The van der Waals surface area contributed by atoms with E-state index in [1.807, 2.05) is 36.4 Å². The Hall–Kier alpha value is -3.25. The lowest BCUT2D eigenvalue weighted by atomic mass is 9.63. The fourth-order valence-electron chi connectivity index (χ4n) is 7.37. The van der Waals surface area contributed by atoms with E-state index >= 15 is 0 Å². The highest BCUT2D eigenvalue weighted by molar-refractivity contribution is 6.42. The molecular formula is C39H40Cl3NO4. The molecule has 8 heteroatoms. The normalized spacial score (nSPS) is 19.1. The molecular weight excluding hydrogens is 653 g/mol. The molecule has 0 unspecified atom stereocenters. The number of hydrogen-bond donors (Lipinski definition) is 0. The van der Waals surface area contributed by atoms with Crippen LogP contribution in [0.2, 0.25) is 15.1 Å². The van der Waals surface area contributed by atoms with Gasteiger partial charge in [-0.25, -0.2) is 0 Å². The van der Waals surface area contributed by atoms with Crippen LogP contribution < -0.4 is 9.47 Å². The molecule has 0 N–H and O–H groups in total. The minimum Gasteiger partial charge on any atom is -0.493 e. The zero-order valence-electron chi connectivity index (χ0n) is 27.5. The highest BCUT2D eigenvalue weighted by Crippen LogP contribution is 2.55. The summed E-state index contributed by atoms with van der Waals surface area (Å²) < 4.78 is 12.0. The molecule has 3 aliphatic rings. The average molecular weight is 693 g/mol. The first-order valence-corrected chi connectivity index (χ1v) is 17.2. The van der Waals surface area contributed by atoms with E-state index in [9.17, 15) is 9.59 Å². The van der Waals surface area contributed by atoms with E-state index in [0.29, 0.717) is 57.1 Å². The molecule has 0 fully saturated rings. The molecule has 0 amide bonds. The number of nitrogens with zero attached hydrogens (tertiary/aromatic N) is 1. The lowest BCUT2D eigenvalue weighted by Crippen LogP contribution is -2.45. The molecule has 2 aliphatic carbocycles. The number of ether oxygens (including phenoxy) is 2. The highest BCUT2D eigenvalue weighted by Gasteiger charge is 2.49. The summed E-state index contributed by atoms with van der Waals surface area (Å²) in [6.45, 7) is 9.49. The van der Waals surface area contributed by atoms with Crippen LogP contribution in [0, 0.1) is 10.8 Å². The van der Waals surface area contributed by atoms with Gasteiger partial charge in [0, 0.05) is 47.8 Å². The second kappa shape index (κ2) is 13.0. The minimum atomic E-state index is -0.546. The number of carbonyl (C=O) groups is 2. The summed E-state index contributed by atoms with van der Waals surface area (Å²) in [6.07, 6.45) is 3.09. The number of allylic oxidation sites excluding steroid dienone is 4. The summed E-state index contributed by atoms with van der Waals surface area (Å²) in [5.74, 6) is 0.404. The number of hydrogen-bond acceptors (Lipinski definition) is 5. The third kappa shape index (κ3) is 6.86. The summed E-state index contributed by atoms with van der Waals surface area (Å²) >= 11 is 19.3. The maximum atomic E-state index is 14.2. The maximum absolute atomic E-state index is 14.2.